The first-order chi connectivity index (χ1) is 16.6. The third kappa shape index (κ3) is 5.17. The van der Waals surface area contributed by atoms with Crippen molar-refractivity contribution in [1.82, 2.24) is 34.7 Å². The number of carboxylic acids is 1. The van der Waals surface area contributed by atoms with Crippen LogP contribution in [0.2, 0.25) is 5.15 Å². The summed E-state index contributed by atoms with van der Waals surface area (Å²) >= 11 is 6.22. The maximum absolute atomic E-state index is 12.0. The van der Waals surface area contributed by atoms with Gasteiger partial charge < -0.3 is 14.2 Å². The van der Waals surface area contributed by atoms with Crippen LogP contribution < -0.4 is 0 Å². The van der Waals surface area contributed by atoms with Gasteiger partial charge in [-0.25, -0.2) is 9.78 Å². The van der Waals surface area contributed by atoms with Crippen LogP contribution >= 0.6 is 11.6 Å². The standard InChI is InChI=1S/C24H22ClN7O2.2Li.2H/c1-2-3-11-20-26-22(25)21(24(33)34)32(20)14-15-7-6-10-18-16(15)12-13-31(18)19-9-5-4-8-17(19)23-27-29-30-28-23;;;;/h4-10,12-13H,2-3,11,14H2,1H3,(H,33,34)(H,27,28,29,30);;;;. The van der Waals surface area contributed by atoms with E-state index >= 15 is 0 Å². The number of aromatic nitrogens is 7. The number of aryl methyl sites for hydroxylation is 1. The van der Waals surface area contributed by atoms with Crippen LogP contribution in [-0.2, 0) is 13.0 Å². The van der Waals surface area contributed by atoms with Crippen molar-refractivity contribution in [2.45, 2.75) is 32.7 Å². The Hall–Kier alpha value is -2.79. The van der Waals surface area contributed by atoms with E-state index in [0.717, 1.165) is 40.6 Å². The van der Waals surface area contributed by atoms with Gasteiger partial charge in [0.2, 0.25) is 5.82 Å². The molecule has 0 aliphatic rings. The van der Waals surface area contributed by atoms with Crippen molar-refractivity contribution >= 4 is 66.2 Å². The molecule has 0 bridgehead atoms. The van der Waals surface area contributed by atoms with Crippen LogP contribution in [0.25, 0.3) is 28.0 Å². The Labute approximate surface area is 236 Å². The van der Waals surface area contributed by atoms with E-state index in [9.17, 15) is 9.90 Å². The van der Waals surface area contributed by atoms with Gasteiger partial charge in [0.25, 0.3) is 0 Å². The number of fused-ring (bicyclic) bond motifs is 1. The Balaban J connectivity index is 0.00000180. The Morgan fingerprint density at radius 3 is 2.64 bits per heavy atom. The summed E-state index contributed by atoms with van der Waals surface area (Å²) in [4.78, 5) is 16.3. The molecule has 9 nitrogen and oxygen atoms in total. The number of para-hydroxylation sites is 1. The van der Waals surface area contributed by atoms with E-state index < -0.39 is 5.97 Å². The molecule has 0 saturated carbocycles. The van der Waals surface area contributed by atoms with Crippen LogP contribution in [0.15, 0.2) is 54.7 Å². The van der Waals surface area contributed by atoms with Crippen LogP contribution in [0.5, 0.6) is 0 Å². The first-order valence-corrected chi connectivity index (χ1v) is 11.4. The number of unbranched alkanes of at least 4 members (excludes halogenated alkanes) is 1. The molecule has 0 unspecified atom stereocenters. The summed E-state index contributed by atoms with van der Waals surface area (Å²) in [6, 6.07) is 15.9. The van der Waals surface area contributed by atoms with Gasteiger partial charge in [-0.15, -0.1) is 10.2 Å². The van der Waals surface area contributed by atoms with Crippen LogP contribution in [0, 0.1) is 0 Å². The number of imidazole rings is 1. The molecule has 3 heterocycles. The summed E-state index contributed by atoms with van der Waals surface area (Å²) in [5.41, 5.74) is 3.73. The maximum atomic E-state index is 12.0. The van der Waals surface area contributed by atoms with Gasteiger partial charge in [-0.05, 0) is 41.5 Å². The van der Waals surface area contributed by atoms with Crippen molar-refractivity contribution in [3.8, 4) is 17.1 Å². The van der Waals surface area contributed by atoms with Crippen molar-refractivity contribution in [3.05, 3.63) is 77.0 Å². The summed E-state index contributed by atoms with van der Waals surface area (Å²) in [5.74, 6) is 0.107. The van der Waals surface area contributed by atoms with Gasteiger partial charge in [0.1, 0.15) is 5.82 Å². The number of tetrazole rings is 1. The molecule has 0 radical (unpaired) electrons. The summed E-state index contributed by atoms with van der Waals surface area (Å²) in [6.45, 7) is 2.44. The number of nitrogens with zero attached hydrogens (tertiary/aromatic N) is 6. The van der Waals surface area contributed by atoms with Crippen LogP contribution in [0.3, 0.4) is 0 Å². The third-order valence-electron chi connectivity index (χ3n) is 5.86. The number of carboxylic acid groups (broad SMARTS) is 1. The van der Waals surface area contributed by atoms with Crippen molar-refractivity contribution < 1.29 is 9.90 Å². The van der Waals surface area contributed by atoms with Gasteiger partial charge in [-0.3, -0.25) is 0 Å². The number of hydrogen-bond acceptors (Lipinski definition) is 5. The van der Waals surface area contributed by atoms with Gasteiger partial charge in [-0.2, -0.15) is 5.21 Å². The average molecular weight is 492 g/mol. The molecule has 0 spiro atoms. The fourth-order valence-corrected chi connectivity index (χ4v) is 4.55. The zero-order valence-corrected chi connectivity index (χ0v) is 19.2. The second kappa shape index (κ2) is 12.0. The topological polar surface area (TPSA) is 115 Å². The van der Waals surface area contributed by atoms with Crippen molar-refractivity contribution in [2.24, 2.45) is 0 Å². The molecule has 2 aromatic carbocycles. The fourth-order valence-electron chi connectivity index (χ4n) is 4.27. The number of carbonyl (C=O) groups is 1. The van der Waals surface area contributed by atoms with E-state index in [2.05, 4.69) is 37.1 Å². The van der Waals surface area contributed by atoms with Gasteiger partial charge in [0.15, 0.2) is 10.8 Å². The molecule has 0 saturated heterocycles. The first-order valence-electron chi connectivity index (χ1n) is 11.0. The molecule has 3 aromatic heterocycles. The number of aromatic carboxylic acids is 1. The summed E-state index contributed by atoms with van der Waals surface area (Å²) < 4.78 is 3.79. The number of rotatable bonds is 8. The number of benzene rings is 2. The van der Waals surface area contributed by atoms with Gasteiger partial charge in [0.05, 0.1) is 17.7 Å². The molecular formula is C24H24ClLi2N7O2. The molecule has 0 atom stereocenters. The van der Waals surface area contributed by atoms with E-state index in [1.807, 2.05) is 54.7 Å². The molecule has 0 amide bonds. The predicted octanol–water partition coefficient (Wildman–Crippen LogP) is 3.45. The molecule has 2 N–H and O–H groups in total. The van der Waals surface area contributed by atoms with Crippen LogP contribution in [-0.4, -0.2) is 83.5 Å². The molecule has 0 aliphatic heterocycles. The Kier molecular flexibility index (Phi) is 9.24. The Bertz CT molecular complexity index is 1480. The van der Waals surface area contributed by atoms with E-state index in [1.165, 1.54) is 0 Å². The zero-order valence-electron chi connectivity index (χ0n) is 18.4. The van der Waals surface area contributed by atoms with Crippen molar-refractivity contribution in [2.75, 3.05) is 0 Å². The number of nitrogens with one attached hydrogen (secondary N) is 1. The van der Waals surface area contributed by atoms with E-state index in [1.54, 1.807) is 4.57 Å². The van der Waals surface area contributed by atoms with Crippen molar-refractivity contribution in [3.63, 3.8) is 0 Å². The molecular weight excluding hydrogens is 468 g/mol. The SMILES string of the molecule is CCCCc1nc(Cl)c(C(=O)O)n1Cc1cccc2c1ccn2-c1ccccc1-c1nn[nH]n1.[LiH].[LiH]. The normalized spacial score (nSPS) is 10.7. The average Bonchev–Trinajstić information content (AvgIpc) is 3.57. The van der Waals surface area contributed by atoms with Crippen LogP contribution in [0.4, 0.5) is 0 Å². The molecule has 5 aromatic rings. The minimum atomic E-state index is -1.08. The monoisotopic (exact) mass is 491 g/mol. The van der Waals surface area contributed by atoms with E-state index in [4.69, 9.17) is 11.6 Å². The second-order valence-corrected chi connectivity index (χ2v) is 8.31. The summed E-state index contributed by atoms with van der Waals surface area (Å²) in [6.07, 6.45) is 4.54. The summed E-state index contributed by atoms with van der Waals surface area (Å²) in [5, 5.41) is 25.3. The second-order valence-electron chi connectivity index (χ2n) is 7.95. The van der Waals surface area contributed by atoms with Crippen molar-refractivity contribution in [1.29, 1.82) is 0 Å². The number of aromatic amines is 1. The predicted molar refractivity (Wildman–Crippen MR) is 143 cm³/mol. The summed E-state index contributed by atoms with van der Waals surface area (Å²) in [7, 11) is 0. The zero-order chi connectivity index (χ0) is 23.7. The Morgan fingerprint density at radius 1 is 1.11 bits per heavy atom. The van der Waals surface area contributed by atoms with Gasteiger partial charge >= 0.3 is 43.7 Å². The molecule has 12 heteroatoms. The van der Waals surface area contributed by atoms with Crippen LogP contribution in [0.1, 0.15) is 41.6 Å². The van der Waals surface area contributed by atoms with E-state index in [0.29, 0.717) is 24.6 Å². The quantitative estimate of drug-likeness (QED) is 0.321. The fraction of sp³-hybridized carbons (Fsp3) is 0.208. The molecule has 5 rings (SSSR count). The van der Waals surface area contributed by atoms with Gasteiger partial charge in [0, 0.05) is 23.6 Å². The molecule has 0 aliphatic carbocycles. The minimum absolute atomic E-state index is 0. The number of halogens is 1. The Morgan fingerprint density at radius 2 is 1.92 bits per heavy atom. The third-order valence-corrected chi connectivity index (χ3v) is 6.13. The number of H-pyrrole nitrogens is 1. The molecule has 0 fully saturated rings. The van der Waals surface area contributed by atoms with E-state index in [-0.39, 0.29) is 48.6 Å². The molecule has 36 heavy (non-hydrogen) atoms. The van der Waals surface area contributed by atoms with Gasteiger partial charge in [-0.1, -0.05) is 49.2 Å². The first kappa shape index (κ1) is 27.8. The molecule has 176 valence electrons. The number of hydrogen-bond donors (Lipinski definition) is 2.